The maximum Gasteiger partial charge on any atom is 0.250 e. The van der Waals surface area contributed by atoms with Crippen molar-refractivity contribution in [1.82, 2.24) is 16.2 Å². The van der Waals surface area contributed by atoms with Crippen molar-refractivity contribution in [2.24, 2.45) is 11.8 Å². The molecule has 2 fully saturated rings. The number of benzene rings is 1. The summed E-state index contributed by atoms with van der Waals surface area (Å²) < 4.78 is 41.1. The Morgan fingerprint density at radius 1 is 1.07 bits per heavy atom. The van der Waals surface area contributed by atoms with Crippen molar-refractivity contribution in [2.45, 2.75) is 57.0 Å². The van der Waals surface area contributed by atoms with Crippen LogP contribution in [-0.4, -0.2) is 31.8 Å². The molecule has 9 heteroatoms. The van der Waals surface area contributed by atoms with Gasteiger partial charge in [-0.1, -0.05) is 6.92 Å². The third kappa shape index (κ3) is 4.77. The Labute approximate surface area is 159 Å². The van der Waals surface area contributed by atoms with Gasteiger partial charge in [0.25, 0.3) is 10.0 Å². The van der Waals surface area contributed by atoms with E-state index in [2.05, 4.69) is 27.8 Å². The number of carbonyl (C=O) groups excluding carboxylic acids is 1. The van der Waals surface area contributed by atoms with Gasteiger partial charge in [-0.25, -0.2) is 18.2 Å². The average molecular weight is 399 g/mol. The first kappa shape index (κ1) is 20.0. The van der Waals surface area contributed by atoms with Crippen molar-refractivity contribution in [3.05, 3.63) is 30.1 Å². The number of hydrogen-bond acceptors (Lipinski definition) is 5. The molecule has 0 spiro atoms. The second kappa shape index (κ2) is 8.12. The number of rotatable bonds is 5. The van der Waals surface area contributed by atoms with Gasteiger partial charge < -0.3 is 5.32 Å². The minimum Gasteiger partial charge on any atom is -0.353 e. The normalized spacial score (nSPS) is 31.4. The number of hydrogen-bond donors (Lipinski definition) is 4. The number of nitrogens with one attached hydrogen (secondary N) is 4. The lowest BCUT2D eigenvalue weighted by Gasteiger charge is -2.29. The Morgan fingerprint density at radius 2 is 1.70 bits per heavy atom. The van der Waals surface area contributed by atoms with Crippen LogP contribution in [0.2, 0.25) is 0 Å². The molecule has 1 amide bonds. The van der Waals surface area contributed by atoms with Crippen molar-refractivity contribution in [3.8, 4) is 0 Å². The zero-order valence-corrected chi connectivity index (χ0v) is 16.4. The van der Waals surface area contributed by atoms with Crippen LogP contribution < -0.4 is 20.9 Å². The van der Waals surface area contributed by atoms with E-state index in [0.717, 1.165) is 25.7 Å². The van der Waals surface area contributed by atoms with Crippen molar-refractivity contribution in [1.29, 1.82) is 0 Å². The monoisotopic (exact) mass is 398 g/mol. The first-order chi connectivity index (χ1) is 12.8. The van der Waals surface area contributed by atoms with Crippen molar-refractivity contribution >= 4 is 21.6 Å². The minimum absolute atomic E-state index is 0.0925. The molecule has 0 aromatic heterocycles. The Morgan fingerprint density at radius 3 is 2.33 bits per heavy atom. The lowest BCUT2D eigenvalue weighted by Crippen LogP contribution is -2.49. The van der Waals surface area contributed by atoms with E-state index in [0.29, 0.717) is 5.92 Å². The van der Waals surface area contributed by atoms with E-state index in [1.165, 1.54) is 24.3 Å². The molecule has 27 heavy (non-hydrogen) atoms. The number of sulfonamides is 1. The van der Waals surface area contributed by atoms with Gasteiger partial charge in [0.05, 0.1) is 5.92 Å². The van der Waals surface area contributed by atoms with Gasteiger partial charge in [0.1, 0.15) is 5.82 Å². The maximum atomic E-state index is 13.0. The molecule has 150 valence electrons. The van der Waals surface area contributed by atoms with Crippen LogP contribution in [0.15, 0.2) is 24.3 Å². The topological polar surface area (TPSA) is 99.3 Å². The summed E-state index contributed by atoms with van der Waals surface area (Å²) >= 11 is 0. The Bertz CT molecular complexity index is 763. The SMILES string of the molecule is CC1CCC(NC(=O)C2C(C)NNC2S(=O)(=O)Nc2ccc(F)cc2)CC1. The molecular weight excluding hydrogens is 371 g/mol. The predicted molar refractivity (Wildman–Crippen MR) is 102 cm³/mol. The number of halogens is 1. The van der Waals surface area contributed by atoms with Crippen molar-refractivity contribution in [3.63, 3.8) is 0 Å². The summed E-state index contributed by atoms with van der Waals surface area (Å²) in [4.78, 5) is 12.8. The molecule has 4 N–H and O–H groups in total. The van der Waals surface area contributed by atoms with Crippen LogP contribution in [-0.2, 0) is 14.8 Å². The van der Waals surface area contributed by atoms with Gasteiger partial charge in [-0.3, -0.25) is 14.9 Å². The minimum atomic E-state index is -3.91. The van der Waals surface area contributed by atoms with Gasteiger partial charge in [-0.2, -0.15) is 0 Å². The molecule has 1 aromatic rings. The molecule has 1 aliphatic heterocycles. The third-order valence-electron chi connectivity index (χ3n) is 5.42. The molecule has 1 saturated carbocycles. The number of hydrazine groups is 1. The molecule has 1 aliphatic carbocycles. The fraction of sp³-hybridized carbons (Fsp3) is 0.611. The number of amides is 1. The number of carbonyl (C=O) groups is 1. The van der Waals surface area contributed by atoms with Gasteiger partial charge in [-0.05, 0) is 62.8 Å². The van der Waals surface area contributed by atoms with Crippen LogP contribution in [0.1, 0.15) is 39.5 Å². The van der Waals surface area contributed by atoms with Gasteiger partial charge in [0, 0.05) is 17.8 Å². The zero-order chi connectivity index (χ0) is 19.6. The van der Waals surface area contributed by atoms with Crippen LogP contribution in [0, 0.1) is 17.7 Å². The Hall–Kier alpha value is -1.71. The molecule has 7 nitrogen and oxygen atoms in total. The summed E-state index contributed by atoms with van der Waals surface area (Å²) in [6, 6.07) is 4.79. The highest BCUT2D eigenvalue weighted by Crippen LogP contribution is 2.26. The van der Waals surface area contributed by atoms with Gasteiger partial charge in [0.15, 0.2) is 5.37 Å². The van der Waals surface area contributed by atoms with E-state index in [1.54, 1.807) is 6.92 Å². The fourth-order valence-corrected chi connectivity index (χ4v) is 5.30. The highest BCUT2D eigenvalue weighted by molar-refractivity contribution is 7.93. The number of anilines is 1. The van der Waals surface area contributed by atoms with Gasteiger partial charge in [0.2, 0.25) is 5.91 Å². The van der Waals surface area contributed by atoms with Crippen molar-refractivity contribution < 1.29 is 17.6 Å². The second-order valence-corrected chi connectivity index (χ2v) is 9.45. The first-order valence-corrected chi connectivity index (χ1v) is 10.9. The molecule has 1 aromatic carbocycles. The zero-order valence-electron chi connectivity index (χ0n) is 15.5. The van der Waals surface area contributed by atoms with Gasteiger partial charge >= 0.3 is 0 Å². The molecule has 0 bridgehead atoms. The molecule has 0 radical (unpaired) electrons. The van der Waals surface area contributed by atoms with E-state index < -0.39 is 27.1 Å². The van der Waals surface area contributed by atoms with E-state index in [-0.39, 0.29) is 23.7 Å². The van der Waals surface area contributed by atoms with Crippen molar-refractivity contribution in [2.75, 3.05) is 4.72 Å². The fourth-order valence-electron chi connectivity index (χ4n) is 3.74. The summed E-state index contributed by atoms with van der Waals surface area (Å²) in [7, 11) is -3.91. The summed E-state index contributed by atoms with van der Waals surface area (Å²) in [5.41, 5.74) is 5.82. The Balaban J connectivity index is 1.69. The molecule has 3 atom stereocenters. The second-order valence-electron chi connectivity index (χ2n) is 7.64. The standard InChI is InChI=1S/C18H27FN4O3S/c1-11-3-7-14(8-4-11)20-17(24)16-12(2)21-22-18(16)27(25,26)23-15-9-5-13(19)6-10-15/h5-6,9-12,14,16,18,21-23H,3-4,7-8H2,1-2H3,(H,20,24). The lowest BCUT2D eigenvalue weighted by molar-refractivity contribution is -0.126. The average Bonchev–Trinajstić information content (AvgIpc) is 3.01. The molecule has 1 saturated heterocycles. The molecule has 3 unspecified atom stereocenters. The van der Waals surface area contributed by atoms with E-state index in [4.69, 9.17) is 0 Å². The summed E-state index contributed by atoms with van der Waals surface area (Å²) in [5, 5.41) is 1.90. The highest BCUT2D eigenvalue weighted by Gasteiger charge is 2.46. The van der Waals surface area contributed by atoms with Crippen LogP contribution in [0.25, 0.3) is 0 Å². The third-order valence-corrected chi connectivity index (χ3v) is 7.02. The summed E-state index contributed by atoms with van der Waals surface area (Å²) in [5.74, 6) is -0.831. The molecular formula is C18H27FN4O3S. The van der Waals surface area contributed by atoms with Crippen LogP contribution in [0.5, 0.6) is 0 Å². The summed E-state index contributed by atoms with van der Waals surface area (Å²) in [6.07, 6.45) is 3.96. The van der Waals surface area contributed by atoms with Gasteiger partial charge in [-0.15, -0.1) is 0 Å². The van der Waals surface area contributed by atoms with E-state index >= 15 is 0 Å². The quantitative estimate of drug-likeness (QED) is 0.605. The van der Waals surface area contributed by atoms with Crippen LogP contribution >= 0.6 is 0 Å². The van der Waals surface area contributed by atoms with Crippen LogP contribution in [0.3, 0.4) is 0 Å². The smallest absolute Gasteiger partial charge is 0.250 e. The largest absolute Gasteiger partial charge is 0.353 e. The highest BCUT2D eigenvalue weighted by atomic mass is 32.2. The molecule has 3 rings (SSSR count). The summed E-state index contributed by atoms with van der Waals surface area (Å²) in [6.45, 7) is 3.97. The lowest BCUT2D eigenvalue weighted by atomic mass is 9.87. The molecule has 1 heterocycles. The van der Waals surface area contributed by atoms with E-state index in [9.17, 15) is 17.6 Å². The first-order valence-electron chi connectivity index (χ1n) is 9.35. The van der Waals surface area contributed by atoms with E-state index in [1.807, 2.05) is 0 Å². The molecule has 2 aliphatic rings. The predicted octanol–water partition coefficient (Wildman–Crippen LogP) is 1.70. The van der Waals surface area contributed by atoms with Crippen LogP contribution in [0.4, 0.5) is 10.1 Å². The Kier molecular flexibility index (Phi) is 6.02. The maximum absolute atomic E-state index is 13.0.